The molecule has 2 heterocycles. The van der Waals surface area contributed by atoms with Crippen LogP contribution in [-0.4, -0.2) is 26.8 Å². The summed E-state index contributed by atoms with van der Waals surface area (Å²) in [5.41, 5.74) is 10.3. The number of benzene rings is 2. The Kier molecular flexibility index (Phi) is 5.51. The van der Waals surface area contributed by atoms with Crippen LogP contribution in [0.4, 0.5) is 14.6 Å². The van der Waals surface area contributed by atoms with Gasteiger partial charge in [0, 0.05) is 29.4 Å². The van der Waals surface area contributed by atoms with Crippen LogP contribution in [0.1, 0.15) is 48.5 Å². The zero-order valence-corrected chi connectivity index (χ0v) is 19.0. The minimum atomic E-state index is -0.932. The summed E-state index contributed by atoms with van der Waals surface area (Å²) < 4.78 is 29.4. The van der Waals surface area contributed by atoms with Gasteiger partial charge in [0.25, 0.3) is 0 Å². The van der Waals surface area contributed by atoms with E-state index in [1.165, 1.54) is 6.07 Å². The number of amides is 1. The van der Waals surface area contributed by atoms with Crippen molar-refractivity contribution in [2.45, 2.75) is 32.6 Å². The molecule has 0 atom stereocenters. The van der Waals surface area contributed by atoms with Crippen LogP contribution in [-0.2, 0) is 0 Å². The summed E-state index contributed by atoms with van der Waals surface area (Å²) in [6.45, 7) is 4.84. The quantitative estimate of drug-likeness (QED) is 0.387. The predicted molar refractivity (Wildman–Crippen MR) is 128 cm³/mol. The van der Waals surface area contributed by atoms with Gasteiger partial charge < -0.3 is 11.1 Å². The number of primary amides is 1. The third kappa shape index (κ3) is 4.11. The monoisotopic (exact) mass is 461 g/mol. The molecular formula is C26H25F2N5O. The number of fused-ring (bicyclic) bond motifs is 1. The summed E-state index contributed by atoms with van der Waals surface area (Å²) in [6.07, 6.45) is 5.58. The van der Waals surface area contributed by atoms with Crippen LogP contribution in [0, 0.1) is 17.6 Å². The van der Waals surface area contributed by atoms with Crippen LogP contribution in [0.5, 0.6) is 0 Å². The summed E-state index contributed by atoms with van der Waals surface area (Å²) >= 11 is 0. The molecule has 1 aliphatic rings. The van der Waals surface area contributed by atoms with Crippen LogP contribution >= 0.6 is 0 Å². The van der Waals surface area contributed by atoms with Gasteiger partial charge in [-0.1, -0.05) is 19.9 Å². The Morgan fingerprint density at radius 2 is 1.91 bits per heavy atom. The maximum Gasteiger partial charge on any atom is 0.248 e. The van der Waals surface area contributed by atoms with E-state index in [9.17, 15) is 13.6 Å². The molecule has 0 aliphatic heterocycles. The molecule has 6 nitrogen and oxygen atoms in total. The Morgan fingerprint density at radius 1 is 1.15 bits per heavy atom. The zero-order chi connectivity index (χ0) is 24.0. The molecule has 0 bridgehead atoms. The van der Waals surface area contributed by atoms with E-state index in [0.717, 1.165) is 41.8 Å². The highest BCUT2D eigenvalue weighted by Crippen LogP contribution is 2.43. The maximum absolute atomic E-state index is 14.0. The first kappa shape index (κ1) is 22.0. The van der Waals surface area contributed by atoms with E-state index in [0.29, 0.717) is 46.7 Å². The lowest BCUT2D eigenvalue weighted by Gasteiger charge is -2.13. The average Bonchev–Trinajstić information content (AvgIpc) is 3.57. The fourth-order valence-electron chi connectivity index (χ4n) is 4.09. The van der Waals surface area contributed by atoms with Gasteiger partial charge in [-0.05, 0) is 60.6 Å². The van der Waals surface area contributed by atoms with Gasteiger partial charge in [-0.15, -0.1) is 0 Å². The van der Waals surface area contributed by atoms with Gasteiger partial charge in [0.05, 0.1) is 17.6 Å². The molecule has 2 aromatic heterocycles. The maximum atomic E-state index is 14.0. The number of nitrogens with two attached hydrogens (primary N) is 1. The number of carbonyl (C=O) groups excluding carboxylic acids is 1. The second kappa shape index (κ2) is 8.52. The first-order valence-electron chi connectivity index (χ1n) is 11.3. The summed E-state index contributed by atoms with van der Waals surface area (Å²) in [6, 6.07) is 9.35. The SMILES string of the molecule is CC(C)CNc1nc(-c2ccc(F)c(F)c2)cn2c(-c3ccc(C(N)=O)c(C4CC4)c3)cnc12. The van der Waals surface area contributed by atoms with E-state index < -0.39 is 17.5 Å². The molecule has 0 unspecified atom stereocenters. The third-order valence-electron chi connectivity index (χ3n) is 6.02. The van der Waals surface area contributed by atoms with E-state index >= 15 is 0 Å². The number of halogens is 2. The van der Waals surface area contributed by atoms with Gasteiger partial charge in [-0.2, -0.15) is 0 Å². The minimum Gasteiger partial charge on any atom is -0.367 e. The van der Waals surface area contributed by atoms with Crippen molar-refractivity contribution in [3.63, 3.8) is 0 Å². The van der Waals surface area contributed by atoms with Crippen molar-refractivity contribution in [3.05, 3.63) is 71.6 Å². The van der Waals surface area contributed by atoms with Gasteiger partial charge in [-0.25, -0.2) is 18.7 Å². The number of nitrogens with one attached hydrogen (secondary N) is 1. The Bertz CT molecular complexity index is 1410. The molecule has 1 saturated carbocycles. The Labute approximate surface area is 195 Å². The molecule has 3 N–H and O–H groups in total. The minimum absolute atomic E-state index is 0.337. The van der Waals surface area contributed by atoms with E-state index in [2.05, 4.69) is 29.1 Å². The van der Waals surface area contributed by atoms with Gasteiger partial charge in [0.1, 0.15) is 0 Å². The highest BCUT2D eigenvalue weighted by Gasteiger charge is 2.28. The van der Waals surface area contributed by atoms with E-state index in [4.69, 9.17) is 5.73 Å². The second-order valence-electron chi connectivity index (χ2n) is 9.16. The van der Waals surface area contributed by atoms with E-state index in [-0.39, 0.29) is 0 Å². The molecule has 0 spiro atoms. The van der Waals surface area contributed by atoms with Crippen LogP contribution < -0.4 is 11.1 Å². The lowest BCUT2D eigenvalue weighted by molar-refractivity contribution is 0.0999. The molecule has 5 rings (SSSR count). The Balaban J connectivity index is 1.68. The van der Waals surface area contributed by atoms with Gasteiger partial charge in [-0.3, -0.25) is 9.20 Å². The average molecular weight is 462 g/mol. The molecule has 0 saturated heterocycles. The number of imidazole rings is 1. The molecule has 4 aromatic rings. The van der Waals surface area contributed by atoms with Gasteiger partial charge >= 0.3 is 0 Å². The van der Waals surface area contributed by atoms with Gasteiger partial charge in [0.15, 0.2) is 23.1 Å². The fraction of sp³-hybridized carbons (Fsp3) is 0.269. The lowest BCUT2D eigenvalue weighted by Crippen LogP contribution is -2.13. The third-order valence-corrected chi connectivity index (χ3v) is 6.02. The summed E-state index contributed by atoms with van der Waals surface area (Å²) in [4.78, 5) is 21.2. The number of anilines is 1. The number of aromatic nitrogens is 3. The second-order valence-corrected chi connectivity index (χ2v) is 9.16. The van der Waals surface area contributed by atoms with Crippen LogP contribution in [0.15, 0.2) is 48.8 Å². The molecule has 0 radical (unpaired) electrons. The molecule has 174 valence electrons. The van der Waals surface area contributed by atoms with Crippen molar-refractivity contribution in [1.29, 1.82) is 0 Å². The van der Waals surface area contributed by atoms with Crippen LogP contribution in [0.2, 0.25) is 0 Å². The normalized spacial score (nSPS) is 13.6. The zero-order valence-electron chi connectivity index (χ0n) is 19.0. The smallest absolute Gasteiger partial charge is 0.248 e. The Hall–Kier alpha value is -3.81. The first-order chi connectivity index (χ1) is 16.3. The fourth-order valence-corrected chi connectivity index (χ4v) is 4.09. The molecule has 1 fully saturated rings. The summed E-state index contributed by atoms with van der Waals surface area (Å²) in [5, 5.41) is 3.33. The molecule has 1 aliphatic carbocycles. The summed E-state index contributed by atoms with van der Waals surface area (Å²) in [7, 11) is 0. The van der Waals surface area contributed by atoms with Crippen molar-refractivity contribution in [1.82, 2.24) is 14.4 Å². The first-order valence-corrected chi connectivity index (χ1v) is 11.3. The van der Waals surface area contributed by atoms with Crippen LogP contribution in [0.25, 0.3) is 28.2 Å². The highest BCUT2D eigenvalue weighted by molar-refractivity contribution is 5.95. The topological polar surface area (TPSA) is 85.3 Å². The molecule has 34 heavy (non-hydrogen) atoms. The van der Waals surface area contributed by atoms with E-state index in [1.54, 1.807) is 18.5 Å². The molecular weight excluding hydrogens is 436 g/mol. The predicted octanol–water partition coefficient (Wildman–Crippen LogP) is 5.39. The van der Waals surface area contributed by atoms with Crippen LogP contribution in [0.3, 0.4) is 0 Å². The van der Waals surface area contributed by atoms with Crippen molar-refractivity contribution in [2.24, 2.45) is 11.7 Å². The molecule has 2 aromatic carbocycles. The van der Waals surface area contributed by atoms with E-state index in [1.807, 2.05) is 16.5 Å². The largest absolute Gasteiger partial charge is 0.367 e. The Morgan fingerprint density at radius 3 is 2.59 bits per heavy atom. The highest BCUT2D eigenvalue weighted by atomic mass is 19.2. The van der Waals surface area contributed by atoms with Crippen molar-refractivity contribution >= 4 is 17.4 Å². The summed E-state index contributed by atoms with van der Waals surface area (Å²) in [5.74, 6) is -1.02. The number of nitrogens with zero attached hydrogens (tertiary/aromatic N) is 3. The van der Waals surface area contributed by atoms with Crippen molar-refractivity contribution < 1.29 is 13.6 Å². The van der Waals surface area contributed by atoms with Crippen molar-refractivity contribution in [2.75, 3.05) is 11.9 Å². The standard InChI is InChI=1S/C26H25F2N5O/c1-14(2)11-30-25-26-31-12-23(17-5-7-18(24(29)34)19(9-17)15-3-4-15)33(26)13-22(32-25)16-6-8-20(27)21(28)10-16/h5-10,12-15H,3-4,11H2,1-2H3,(H2,29,34)(H,30,32). The van der Waals surface area contributed by atoms with Crippen molar-refractivity contribution in [3.8, 4) is 22.5 Å². The van der Waals surface area contributed by atoms with Gasteiger partial charge in [0.2, 0.25) is 5.91 Å². The number of hydrogen-bond donors (Lipinski definition) is 2. The number of rotatable bonds is 7. The number of hydrogen-bond acceptors (Lipinski definition) is 4. The molecule has 8 heteroatoms. The number of carbonyl (C=O) groups is 1. The lowest BCUT2D eigenvalue weighted by atomic mass is 9.98. The molecule has 1 amide bonds.